The molecule has 0 aliphatic carbocycles. The maximum absolute atomic E-state index is 12.2. The van der Waals surface area contributed by atoms with Crippen LogP contribution in [0.25, 0.3) is 6.08 Å². The zero-order chi connectivity index (χ0) is 19.4. The fraction of sp³-hybridized carbons (Fsp3) is 0.200. The summed E-state index contributed by atoms with van der Waals surface area (Å²) < 4.78 is 26.4. The van der Waals surface area contributed by atoms with Crippen LogP contribution in [0.15, 0.2) is 47.1 Å². The molecular weight excluding hydrogens is 350 g/mol. The highest BCUT2D eigenvalue weighted by Crippen LogP contribution is 2.39. The van der Waals surface area contributed by atoms with Crippen molar-refractivity contribution in [2.24, 2.45) is 4.99 Å². The zero-order valence-electron chi connectivity index (χ0n) is 15.4. The molecule has 2 aromatic rings. The number of benzene rings is 2. The number of hydrogen-bond donors (Lipinski definition) is 0. The maximum Gasteiger partial charge on any atom is 0.363 e. The molecule has 2 aromatic carbocycles. The number of methoxy groups -OCH3 is 4. The van der Waals surface area contributed by atoms with Gasteiger partial charge < -0.3 is 23.7 Å². The molecule has 0 aromatic heterocycles. The summed E-state index contributed by atoms with van der Waals surface area (Å²) in [5, 5.41) is 0. The molecule has 0 saturated carbocycles. The SMILES string of the molecule is COc1ccc(C=C2N=C(c3cc(OC)c(OC)c(OC)c3)OC2=O)cc1. The molecule has 140 valence electrons. The van der Waals surface area contributed by atoms with Crippen molar-refractivity contribution >= 4 is 17.9 Å². The predicted octanol–water partition coefficient (Wildman–Crippen LogP) is 3.07. The van der Waals surface area contributed by atoms with E-state index in [0.29, 0.717) is 22.8 Å². The lowest BCUT2D eigenvalue weighted by molar-refractivity contribution is -0.129. The second kappa shape index (κ2) is 7.82. The van der Waals surface area contributed by atoms with Gasteiger partial charge in [0.05, 0.1) is 28.4 Å². The third-order valence-electron chi connectivity index (χ3n) is 3.95. The first kappa shape index (κ1) is 18.3. The topological polar surface area (TPSA) is 75.6 Å². The van der Waals surface area contributed by atoms with E-state index in [1.54, 1.807) is 37.5 Å². The highest BCUT2D eigenvalue weighted by Gasteiger charge is 2.26. The number of hydrogen-bond acceptors (Lipinski definition) is 7. The van der Waals surface area contributed by atoms with Crippen LogP contribution in [0.4, 0.5) is 0 Å². The lowest BCUT2D eigenvalue weighted by Crippen LogP contribution is -2.06. The summed E-state index contributed by atoms with van der Waals surface area (Å²) in [6.45, 7) is 0. The van der Waals surface area contributed by atoms with E-state index >= 15 is 0 Å². The molecule has 7 heteroatoms. The van der Waals surface area contributed by atoms with Gasteiger partial charge in [-0.05, 0) is 35.9 Å². The molecular formula is C20H19NO6. The zero-order valence-corrected chi connectivity index (χ0v) is 15.4. The van der Waals surface area contributed by atoms with Gasteiger partial charge in [0.2, 0.25) is 11.6 Å². The van der Waals surface area contributed by atoms with Crippen LogP contribution in [0.3, 0.4) is 0 Å². The summed E-state index contributed by atoms with van der Waals surface area (Å²) >= 11 is 0. The monoisotopic (exact) mass is 369 g/mol. The van der Waals surface area contributed by atoms with Gasteiger partial charge in [0, 0.05) is 5.56 Å². The Morgan fingerprint density at radius 3 is 2.04 bits per heavy atom. The molecule has 1 aliphatic rings. The molecule has 0 unspecified atom stereocenters. The van der Waals surface area contributed by atoms with Gasteiger partial charge in [-0.1, -0.05) is 12.1 Å². The van der Waals surface area contributed by atoms with Crippen LogP contribution in [0.5, 0.6) is 23.0 Å². The predicted molar refractivity (Wildman–Crippen MR) is 99.7 cm³/mol. The van der Waals surface area contributed by atoms with Gasteiger partial charge in [0.25, 0.3) is 0 Å². The van der Waals surface area contributed by atoms with Gasteiger partial charge in [-0.2, -0.15) is 0 Å². The minimum absolute atomic E-state index is 0.166. The Morgan fingerprint density at radius 1 is 0.889 bits per heavy atom. The standard InChI is InChI=1S/C20H19NO6/c1-23-14-7-5-12(6-8-14)9-15-20(22)27-19(21-15)13-10-16(24-2)18(26-4)17(11-13)25-3/h5-11H,1-4H3. The van der Waals surface area contributed by atoms with Crippen molar-refractivity contribution in [3.05, 3.63) is 53.2 Å². The Morgan fingerprint density at radius 2 is 1.52 bits per heavy atom. The fourth-order valence-electron chi connectivity index (χ4n) is 2.60. The van der Waals surface area contributed by atoms with Gasteiger partial charge in [0.1, 0.15) is 5.75 Å². The summed E-state index contributed by atoms with van der Waals surface area (Å²) in [4.78, 5) is 16.5. The minimum Gasteiger partial charge on any atom is -0.497 e. The summed E-state index contributed by atoms with van der Waals surface area (Å²) in [6.07, 6.45) is 1.65. The van der Waals surface area contributed by atoms with Crippen LogP contribution < -0.4 is 18.9 Å². The van der Waals surface area contributed by atoms with Crippen molar-refractivity contribution in [1.29, 1.82) is 0 Å². The second-order valence-corrected chi connectivity index (χ2v) is 5.52. The van der Waals surface area contributed by atoms with E-state index in [0.717, 1.165) is 11.3 Å². The number of carbonyl (C=O) groups excluding carboxylic acids is 1. The Kier molecular flexibility index (Phi) is 5.30. The van der Waals surface area contributed by atoms with Gasteiger partial charge >= 0.3 is 5.97 Å². The maximum atomic E-state index is 12.2. The molecule has 0 atom stereocenters. The van der Waals surface area contributed by atoms with Crippen molar-refractivity contribution in [2.75, 3.05) is 28.4 Å². The molecule has 27 heavy (non-hydrogen) atoms. The molecule has 3 rings (SSSR count). The van der Waals surface area contributed by atoms with E-state index in [-0.39, 0.29) is 11.6 Å². The highest BCUT2D eigenvalue weighted by molar-refractivity contribution is 6.13. The number of rotatable bonds is 6. The van der Waals surface area contributed by atoms with E-state index in [1.165, 1.54) is 21.3 Å². The van der Waals surface area contributed by atoms with Crippen LogP contribution in [-0.2, 0) is 9.53 Å². The lowest BCUT2D eigenvalue weighted by Gasteiger charge is -2.13. The Balaban J connectivity index is 1.97. The molecule has 0 amide bonds. The number of esters is 1. The fourth-order valence-corrected chi connectivity index (χ4v) is 2.60. The van der Waals surface area contributed by atoms with Gasteiger partial charge in [0.15, 0.2) is 17.2 Å². The van der Waals surface area contributed by atoms with Crippen LogP contribution in [0, 0.1) is 0 Å². The van der Waals surface area contributed by atoms with Gasteiger partial charge in [-0.3, -0.25) is 0 Å². The Labute approximate surface area is 156 Å². The van der Waals surface area contributed by atoms with Crippen molar-refractivity contribution < 1.29 is 28.5 Å². The molecule has 0 spiro atoms. The van der Waals surface area contributed by atoms with Crippen LogP contribution >= 0.6 is 0 Å². The van der Waals surface area contributed by atoms with Crippen molar-refractivity contribution in [1.82, 2.24) is 0 Å². The molecule has 1 heterocycles. The molecule has 0 radical (unpaired) electrons. The summed E-state index contributed by atoms with van der Waals surface area (Å²) in [5.41, 5.74) is 1.54. The number of aliphatic imine (C=N–C) groups is 1. The Hall–Kier alpha value is -3.48. The Bertz CT molecular complexity index is 890. The van der Waals surface area contributed by atoms with Crippen molar-refractivity contribution in [2.45, 2.75) is 0 Å². The quantitative estimate of drug-likeness (QED) is 0.575. The second-order valence-electron chi connectivity index (χ2n) is 5.52. The van der Waals surface area contributed by atoms with Crippen molar-refractivity contribution in [3.8, 4) is 23.0 Å². The third kappa shape index (κ3) is 3.72. The van der Waals surface area contributed by atoms with E-state index in [4.69, 9.17) is 23.7 Å². The first-order valence-corrected chi connectivity index (χ1v) is 8.06. The smallest absolute Gasteiger partial charge is 0.363 e. The van der Waals surface area contributed by atoms with Crippen LogP contribution in [-0.4, -0.2) is 40.3 Å². The minimum atomic E-state index is -0.533. The molecule has 0 fully saturated rings. The number of carbonyl (C=O) groups is 1. The first-order valence-electron chi connectivity index (χ1n) is 8.06. The van der Waals surface area contributed by atoms with Crippen LogP contribution in [0.2, 0.25) is 0 Å². The van der Waals surface area contributed by atoms with Crippen LogP contribution in [0.1, 0.15) is 11.1 Å². The highest BCUT2D eigenvalue weighted by atomic mass is 16.6. The van der Waals surface area contributed by atoms with E-state index in [9.17, 15) is 4.79 Å². The largest absolute Gasteiger partial charge is 0.497 e. The van der Waals surface area contributed by atoms with Gasteiger partial charge in [-0.25, -0.2) is 9.79 Å². The summed E-state index contributed by atoms with van der Waals surface area (Å²) in [5.74, 6) is 1.69. The first-order chi connectivity index (χ1) is 13.1. The number of cyclic esters (lactones) is 1. The van der Waals surface area contributed by atoms with E-state index in [2.05, 4.69) is 4.99 Å². The number of nitrogens with zero attached hydrogens (tertiary/aromatic N) is 1. The average molecular weight is 369 g/mol. The van der Waals surface area contributed by atoms with E-state index in [1.807, 2.05) is 12.1 Å². The molecule has 7 nitrogen and oxygen atoms in total. The summed E-state index contributed by atoms with van der Waals surface area (Å²) in [6, 6.07) is 10.6. The normalized spacial score (nSPS) is 14.6. The van der Waals surface area contributed by atoms with E-state index < -0.39 is 5.97 Å². The molecule has 1 aliphatic heterocycles. The number of ether oxygens (including phenoxy) is 5. The van der Waals surface area contributed by atoms with Gasteiger partial charge in [-0.15, -0.1) is 0 Å². The summed E-state index contributed by atoms with van der Waals surface area (Å²) in [7, 11) is 6.13. The third-order valence-corrected chi connectivity index (χ3v) is 3.95. The molecule has 0 N–H and O–H groups in total. The molecule has 0 saturated heterocycles. The van der Waals surface area contributed by atoms with Crippen molar-refractivity contribution in [3.63, 3.8) is 0 Å². The molecule has 0 bridgehead atoms. The lowest BCUT2D eigenvalue weighted by atomic mass is 10.1. The average Bonchev–Trinajstić information content (AvgIpc) is 3.07.